The summed E-state index contributed by atoms with van der Waals surface area (Å²) in [6.07, 6.45) is -4.23. The van der Waals surface area contributed by atoms with E-state index in [-0.39, 0.29) is 11.4 Å². The molecule has 1 atom stereocenters. The first-order chi connectivity index (χ1) is 8.73. The Morgan fingerprint density at radius 1 is 1.42 bits per heavy atom. The monoisotopic (exact) mass is 341 g/mol. The Kier molecular flexibility index (Phi) is 5.34. The Balaban J connectivity index is 2.87. The number of hydrogen-bond donors (Lipinski definition) is 1. The third-order valence-corrected chi connectivity index (χ3v) is 2.83. The molecule has 106 valence electrons. The number of rotatable bonds is 4. The molecule has 0 bridgehead atoms. The van der Waals surface area contributed by atoms with Gasteiger partial charge in [-0.25, -0.2) is 4.39 Å². The van der Waals surface area contributed by atoms with Crippen molar-refractivity contribution < 1.29 is 22.4 Å². The van der Waals surface area contributed by atoms with Crippen molar-refractivity contribution in [2.45, 2.75) is 24.3 Å². The number of carbonyl (C=O) groups is 1. The van der Waals surface area contributed by atoms with Crippen molar-refractivity contribution in [1.82, 2.24) is 5.32 Å². The highest BCUT2D eigenvalue weighted by atomic mass is 79.9. The van der Waals surface area contributed by atoms with Gasteiger partial charge in [-0.15, -0.1) is 0 Å². The van der Waals surface area contributed by atoms with Gasteiger partial charge in [-0.1, -0.05) is 28.9 Å². The van der Waals surface area contributed by atoms with Crippen molar-refractivity contribution in [2.75, 3.05) is 6.54 Å². The molecule has 1 unspecified atom stereocenters. The second kappa shape index (κ2) is 6.36. The van der Waals surface area contributed by atoms with Crippen LogP contribution in [0.4, 0.5) is 17.6 Å². The maximum atomic E-state index is 13.6. The Bertz CT molecular complexity index is 460. The van der Waals surface area contributed by atoms with Crippen LogP contribution < -0.4 is 5.32 Å². The van der Waals surface area contributed by atoms with Gasteiger partial charge in [0.25, 0.3) is 5.91 Å². The Labute approximate surface area is 116 Å². The number of halogens is 5. The van der Waals surface area contributed by atoms with Gasteiger partial charge in [0.1, 0.15) is 5.82 Å². The van der Waals surface area contributed by atoms with E-state index in [4.69, 9.17) is 0 Å². The maximum Gasteiger partial charge on any atom is 0.419 e. The van der Waals surface area contributed by atoms with Crippen LogP contribution in [0.25, 0.3) is 0 Å². The lowest BCUT2D eigenvalue weighted by molar-refractivity contribution is -0.140. The van der Waals surface area contributed by atoms with Crippen LogP contribution in [-0.4, -0.2) is 17.3 Å². The molecule has 0 saturated carbocycles. The van der Waals surface area contributed by atoms with Gasteiger partial charge in [0, 0.05) is 11.4 Å². The Morgan fingerprint density at radius 3 is 2.58 bits per heavy atom. The standard InChI is InChI=1S/C12H12BrF4NO/c1-7(13)5-6-18-11(19)8-3-2-4-9(10(8)14)12(15,16)17/h2-4,7H,5-6H2,1H3,(H,18,19). The first kappa shape index (κ1) is 15.9. The van der Waals surface area contributed by atoms with Crippen LogP contribution in [0.3, 0.4) is 0 Å². The molecule has 1 rings (SSSR count). The highest BCUT2D eigenvalue weighted by Crippen LogP contribution is 2.32. The third kappa shape index (κ3) is 4.49. The molecule has 0 aliphatic rings. The molecule has 19 heavy (non-hydrogen) atoms. The van der Waals surface area contributed by atoms with Gasteiger partial charge in [0.15, 0.2) is 0 Å². The van der Waals surface area contributed by atoms with Crippen LogP contribution in [0.15, 0.2) is 18.2 Å². The topological polar surface area (TPSA) is 29.1 Å². The maximum absolute atomic E-state index is 13.6. The summed E-state index contributed by atoms with van der Waals surface area (Å²) < 4.78 is 51.0. The van der Waals surface area contributed by atoms with Gasteiger partial charge in [-0.3, -0.25) is 4.79 Å². The summed E-state index contributed by atoms with van der Waals surface area (Å²) >= 11 is 3.26. The third-order valence-electron chi connectivity index (χ3n) is 2.38. The summed E-state index contributed by atoms with van der Waals surface area (Å²) in [6, 6.07) is 2.64. The molecule has 0 saturated heterocycles. The van der Waals surface area contributed by atoms with Crippen molar-refractivity contribution in [2.24, 2.45) is 0 Å². The highest BCUT2D eigenvalue weighted by molar-refractivity contribution is 9.09. The van der Waals surface area contributed by atoms with Crippen molar-refractivity contribution in [3.8, 4) is 0 Å². The second-order valence-corrected chi connectivity index (χ2v) is 5.55. The molecule has 0 aliphatic heterocycles. The fraction of sp³-hybridized carbons (Fsp3) is 0.417. The molecule has 0 aromatic heterocycles. The molecular formula is C12H12BrF4NO. The largest absolute Gasteiger partial charge is 0.419 e. The molecule has 0 heterocycles. The van der Waals surface area contributed by atoms with Gasteiger partial charge in [-0.2, -0.15) is 13.2 Å². The van der Waals surface area contributed by atoms with Gasteiger partial charge in [-0.05, 0) is 18.6 Å². The minimum Gasteiger partial charge on any atom is -0.352 e. The summed E-state index contributed by atoms with van der Waals surface area (Å²) in [6.45, 7) is 2.11. The van der Waals surface area contributed by atoms with Crippen LogP contribution in [-0.2, 0) is 6.18 Å². The van der Waals surface area contributed by atoms with E-state index >= 15 is 0 Å². The molecule has 0 spiro atoms. The zero-order chi connectivity index (χ0) is 14.6. The first-order valence-corrected chi connectivity index (χ1v) is 6.43. The number of nitrogens with one attached hydrogen (secondary N) is 1. The molecular weight excluding hydrogens is 330 g/mol. The van der Waals surface area contributed by atoms with Crippen LogP contribution in [0.1, 0.15) is 29.3 Å². The first-order valence-electron chi connectivity index (χ1n) is 5.51. The highest BCUT2D eigenvalue weighted by Gasteiger charge is 2.35. The SMILES string of the molecule is CC(Br)CCNC(=O)c1cccc(C(F)(F)F)c1F. The molecule has 1 aromatic rings. The minimum atomic E-state index is -4.81. The zero-order valence-corrected chi connectivity index (χ0v) is 11.6. The Morgan fingerprint density at radius 2 is 2.05 bits per heavy atom. The molecule has 0 radical (unpaired) electrons. The van der Waals surface area contributed by atoms with E-state index in [0.29, 0.717) is 12.5 Å². The fourth-order valence-electron chi connectivity index (χ4n) is 1.41. The van der Waals surface area contributed by atoms with Gasteiger partial charge >= 0.3 is 6.18 Å². The van der Waals surface area contributed by atoms with Crippen LogP contribution in [0.2, 0.25) is 0 Å². The molecule has 0 fully saturated rings. The summed E-state index contributed by atoms with van der Waals surface area (Å²) in [5.74, 6) is -2.39. The minimum absolute atomic E-state index is 0.152. The van der Waals surface area contributed by atoms with Gasteiger partial charge in [0.2, 0.25) is 0 Å². The summed E-state index contributed by atoms with van der Waals surface area (Å²) in [5.41, 5.74) is -2.04. The van der Waals surface area contributed by atoms with Crippen molar-refractivity contribution in [3.63, 3.8) is 0 Å². The van der Waals surface area contributed by atoms with Crippen LogP contribution in [0.5, 0.6) is 0 Å². The summed E-state index contributed by atoms with van der Waals surface area (Å²) in [4.78, 5) is 11.7. The van der Waals surface area contributed by atoms with Gasteiger partial charge < -0.3 is 5.32 Å². The quantitative estimate of drug-likeness (QED) is 0.655. The van der Waals surface area contributed by atoms with Crippen LogP contribution in [0, 0.1) is 5.82 Å². The van der Waals surface area contributed by atoms with E-state index in [9.17, 15) is 22.4 Å². The lowest BCUT2D eigenvalue weighted by Gasteiger charge is -2.11. The predicted molar refractivity (Wildman–Crippen MR) is 66.7 cm³/mol. The van der Waals surface area contributed by atoms with Crippen molar-refractivity contribution >= 4 is 21.8 Å². The molecule has 1 amide bonds. The van der Waals surface area contributed by atoms with E-state index in [1.54, 1.807) is 0 Å². The molecule has 1 aromatic carbocycles. The average Bonchev–Trinajstić information content (AvgIpc) is 2.26. The average molecular weight is 342 g/mol. The van der Waals surface area contributed by atoms with E-state index < -0.39 is 29.0 Å². The number of hydrogen-bond acceptors (Lipinski definition) is 1. The van der Waals surface area contributed by atoms with Gasteiger partial charge in [0.05, 0.1) is 11.1 Å². The molecule has 0 aliphatic carbocycles. The summed E-state index contributed by atoms with van der Waals surface area (Å²) in [7, 11) is 0. The number of benzene rings is 1. The van der Waals surface area contributed by atoms with E-state index in [0.717, 1.165) is 12.1 Å². The Hall–Kier alpha value is -1.11. The van der Waals surface area contributed by atoms with Crippen LogP contribution >= 0.6 is 15.9 Å². The zero-order valence-electron chi connectivity index (χ0n) is 10.0. The lowest BCUT2D eigenvalue weighted by atomic mass is 10.1. The number of amides is 1. The molecule has 1 N–H and O–H groups in total. The lowest BCUT2D eigenvalue weighted by Crippen LogP contribution is -2.27. The number of alkyl halides is 4. The molecule has 7 heteroatoms. The summed E-state index contributed by atoms with van der Waals surface area (Å²) in [5, 5.41) is 2.37. The van der Waals surface area contributed by atoms with E-state index in [1.165, 1.54) is 0 Å². The molecule has 2 nitrogen and oxygen atoms in total. The van der Waals surface area contributed by atoms with Crippen molar-refractivity contribution in [3.05, 3.63) is 35.1 Å². The fourth-order valence-corrected chi connectivity index (χ4v) is 1.64. The van der Waals surface area contributed by atoms with E-state index in [2.05, 4.69) is 21.2 Å². The predicted octanol–water partition coefficient (Wildman–Crippen LogP) is 3.75. The van der Waals surface area contributed by atoms with E-state index in [1.807, 2.05) is 6.92 Å². The number of carbonyl (C=O) groups excluding carboxylic acids is 1. The van der Waals surface area contributed by atoms with Crippen molar-refractivity contribution in [1.29, 1.82) is 0 Å². The smallest absolute Gasteiger partial charge is 0.352 e. The normalized spacial score (nSPS) is 13.2. The second-order valence-electron chi connectivity index (χ2n) is 3.99.